The van der Waals surface area contributed by atoms with Crippen LogP contribution in [-0.4, -0.2) is 14.7 Å². The van der Waals surface area contributed by atoms with E-state index in [1.54, 1.807) is 6.92 Å². The van der Waals surface area contributed by atoms with Crippen molar-refractivity contribution in [2.75, 3.05) is 0 Å². The maximum absolute atomic E-state index is 9.67. The van der Waals surface area contributed by atoms with Crippen molar-refractivity contribution in [2.45, 2.75) is 38.7 Å². The van der Waals surface area contributed by atoms with Gasteiger partial charge >= 0.3 is 0 Å². The summed E-state index contributed by atoms with van der Waals surface area (Å²) in [7, 11) is 0. The monoisotopic (exact) mass is 320 g/mol. The van der Waals surface area contributed by atoms with E-state index >= 15 is 0 Å². The summed E-state index contributed by atoms with van der Waals surface area (Å²) in [5.74, 6) is 0. The molecule has 1 aliphatic carbocycles. The van der Waals surface area contributed by atoms with Crippen molar-refractivity contribution in [3.05, 3.63) is 46.0 Å². The smallest absolute Gasteiger partial charge is 0.0997 e. The van der Waals surface area contributed by atoms with E-state index in [0.717, 1.165) is 28.6 Å². The van der Waals surface area contributed by atoms with Crippen molar-refractivity contribution in [3.63, 3.8) is 0 Å². The van der Waals surface area contributed by atoms with Crippen LogP contribution in [0.1, 0.15) is 42.8 Å². The molecule has 0 spiro atoms. The van der Waals surface area contributed by atoms with E-state index in [-0.39, 0.29) is 0 Å². The number of imidazole rings is 1. The lowest BCUT2D eigenvalue weighted by molar-refractivity contribution is 0.198. The van der Waals surface area contributed by atoms with Gasteiger partial charge in [-0.1, -0.05) is 22.0 Å². The van der Waals surface area contributed by atoms with Crippen molar-refractivity contribution in [1.82, 2.24) is 9.55 Å². The predicted molar refractivity (Wildman–Crippen MR) is 78.5 cm³/mol. The van der Waals surface area contributed by atoms with Gasteiger partial charge in [-0.05, 0) is 50.3 Å². The van der Waals surface area contributed by atoms with Crippen LogP contribution in [-0.2, 0) is 12.8 Å². The Morgan fingerprint density at radius 1 is 1.32 bits per heavy atom. The van der Waals surface area contributed by atoms with Gasteiger partial charge in [-0.3, -0.25) is 0 Å². The summed E-state index contributed by atoms with van der Waals surface area (Å²) in [4.78, 5) is 4.52. The minimum atomic E-state index is -0.458. The molecule has 3 rings (SSSR count). The highest BCUT2D eigenvalue weighted by Crippen LogP contribution is 2.28. The molecule has 19 heavy (non-hydrogen) atoms. The minimum absolute atomic E-state index is 0.458. The molecule has 0 saturated carbocycles. The topological polar surface area (TPSA) is 38.0 Å². The summed E-state index contributed by atoms with van der Waals surface area (Å²) in [6.45, 7) is 1.78. The minimum Gasteiger partial charge on any atom is -0.389 e. The maximum atomic E-state index is 9.67. The molecule has 0 fully saturated rings. The molecule has 1 N–H and O–H groups in total. The van der Waals surface area contributed by atoms with Gasteiger partial charge in [0.1, 0.15) is 0 Å². The Balaban J connectivity index is 2.03. The van der Waals surface area contributed by atoms with Gasteiger partial charge in [-0.2, -0.15) is 0 Å². The number of halogens is 1. The fraction of sp³-hybridized carbons (Fsp3) is 0.400. The molecular formula is C15H17BrN2O. The van der Waals surface area contributed by atoms with Crippen molar-refractivity contribution in [1.29, 1.82) is 0 Å². The zero-order chi connectivity index (χ0) is 13.4. The van der Waals surface area contributed by atoms with Crippen LogP contribution in [0.3, 0.4) is 0 Å². The SMILES string of the molecule is CC(O)c1ccc(-n2cnc3c2CCCC3)cc1Br. The molecule has 1 unspecified atom stereocenters. The van der Waals surface area contributed by atoms with Crippen LogP contribution in [0.2, 0.25) is 0 Å². The van der Waals surface area contributed by atoms with Gasteiger partial charge in [-0.25, -0.2) is 4.98 Å². The Labute approximate surface area is 121 Å². The lowest BCUT2D eigenvalue weighted by Crippen LogP contribution is -2.07. The van der Waals surface area contributed by atoms with E-state index < -0.39 is 6.10 Å². The summed E-state index contributed by atoms with van der Waals surface area (Å²) in [6.07, 6.45) is 6.14. The van der Waals surface area contributed by atoms with Gasteiger partial charge in [0.25, 0.3) is 0 Å². The summed E-state index contributed by atoms with van der Waals surface area (Å²) >= 11 is 3.54. The number of nitrogens with zero attached hydrogens (tertiary/aromatic N) is 2. The molecule has 0 bridgehead atoms. The number of aliphatic hydroxyl groups is 1. The normalized spacial score (nSPS) is 16.2. The van der Waals surface area contributed by atoms with E-state index in [4.69, 9.17) is 0 Å². The highest BCUT2D eigenvalue weighted by Gasteiger charge is 2.16. The summed E-state index contributed by atoms with van der Waals surface area (Å²) < 4.78 is 3.11. The fourth-order valence-corrected chi connectivity index (χ4v) is 3.39. The molecule has 1 aromatic heterocycles. The molecule has 1 aromatic carbocycles. The molecule has 1 aliphatic rings. The molecule has 2 aromatic rings. The van der Waals surface area contributed by atoms with Gasteiger partial charge in [0.2, 0.25) is 0 Å². The third-order valence-electron chi connectivity index (χ3n) is 3.74. The van der Waals surface area contributed by atoms with Crippen LogP contribution in [0.15, 0.2) is 29.0 Å². The van der Waals surface area contributed by atoms with Crippen LogP contribution >= 0.6 is 15.9 Å². The molecule has 0 radical (unpaired) electrons. The van der Waals surface area contributed by atoms with Crippen LogP contribution < -0.4 is 0 Å². The third-order valence-corrected chi connectivity index (χ3v) is 4.43. The zero-order valence-corrected chi connectivity index (χ0v) is 12.5. The summed E-state index contributed by atoms with van der Waals surface area (Å²) in [5.41, 5.74) is 4.59. The Hall–Kier alpha value is -1.13. The highest BCUT2D eigenvalue weighted by atomic mass is 79.9. The molecule has 1 heterocycles. The van der Waals surface area contributed by atoms with Crippen molar-refractivity contribution >= 4 is 15.9 Å². The number of aryl methyl sites for hydroxylation is 1. The molecule has 0 saturated heterocycles. The Bertz CT molecular complexity index is 604. The number of aliphatic hydroxyl groups excluding tert-OH is 1. The van der Waals surface area contributed by atoms with E-state index in [0.29, 0.717) is 0 Å². The van der Waals surface area contributed by atoms with Crippen LogP contribution in [0.5, 0.6) is 0 Å². The molecular weight excluding hydrogens is 304 g/mol. The first-order valence-electron chi connectivity index (χ1n) is 6.70. The second-order valence-corrected chi connectivity index (χ2v) is 5.95. The molecule has 100 valence electrons. The Morgan fingerprint density at radius 2 is 2.11 bits per heavy atom. The average molecular weight is 321 g/mol. The van der Waals surface area contributed by atoms with Crippen LogP contribution in [0.4, 0.5) is 0 Å². The Morgan fingerprint density at radius 3 is 2.84 bits per heavy atom. The first-order valence-corrected chi connectivity index (χ1v) is 7.49. The molecule has 0 amide bonds. The third kappa shape index (κ3) is 2.35. The number of benzene rings is 1. The van der Waals surface area contributed by atoms with E-state index in [1.165, 1.54) is 24.2 Å². The van der Waals surface area contributed by atoms with Gasteiger partial charge in [0, 0.05) is 15.9 Å². The summed E-state index contributed by atoms with van der Waals surface area (Å²) in [6, 6.07) is 6.07. The summed E-state index contributed by atoms with van der Waals surface area (Å²) in [5, 5.41) is 9.67. The van der Waals surface area contributed by atoms with Gasteiger partial charge in [-0.15, -0.1) is 0 Å². The molecule has 3 nitrogen and oxygen atoms in total. The fourth-order valence-electron chi connectivity index (χ4n) is 2.70. The quantitative estimate of drug-likeness (QED) is 0.918. The van der Waals surface area contributed by atoms with Crippen LogP contribution in [0, 0.1) is 0 Å². The number of fused-ring (bicyclic) bond motifs is 1. The Kier molecular flexibility index (Phi) is 3.46. The first kappa shape index (κ1) is 12.9. The molecule has 0 aliphatic heterocycles. The van der Waals surface area contributed by atoms with Gasteiger partial charge < -0.3 is 9.67 Å². The van der Waals surface area contributed by atoms with Crippen LogP contribution in [0.25, 0.3) is 5.69 Å². The number of rotatable bonds is 2. The van der Waals surface area contributed by atoms with Crippen molar-refractivity contribution in [3.8, 4) is 5.69 Å². The van der Waals surface area contributed by atoms with E-state index in [2.05, 4.69) is 31.5 Å². The number of hydrogen-bond acceptors (Lipinski definition) is 2. The van der Waals surface area contributed by atoms with Crippen molar-refractivity contribution < 1.29 is 5.11 Å². The average Bonchev–Trinajstić information content (AvgIpc) is 2.82. The standard InChI is InChI=1S/C15H17BrN2O/c1-10(19)12-7-6-11(8-13(12)16)18-9-17-14-4-2-3-5-15(14)18/h6-10,19H,2-5H2,1H3. The zero-order valence-electron chi connectivity index (χ0n) is 10.9. The first-order chi connectivity index (χ1) is 9.16. The number of hydrogen-bond donors (Lipinski definition) is 1. The lowest BCUT2D eigenvalue weighted by atomic mass is 10.0. The number of aromatic nitrogens is 2. The van der Waals surface area contributed by atoms with E-state index in [1.807, 2.05) is 18.5 Å². The lowest BCUT2D eigenvalue weighted by Gasteiger charge is -2.15. The maximum Gasteiger partial charge on any atom is 0.0997 e. The van der Waals surface area contributed by atoms with Crippen molar-refractivity contribution in [2.24, 2.45) is 0 Å². The largest absolute Gasteiger partial charge is 0.389 e. The predicted octanol–water partition coefficient (Wildman–Crippen LogP) is 3.57. The second kappa shape index (κ2) is 5.10. The second-order valence-electron chi connectivity index (χ2n) is 5.10. The molecule has 1 atom stereocenters. The van der Waals surface area contributed by atoms with Gasteiger partial charge in [0.15, 0.2) is 0 Å². The van der Waals surface area contributed by atoms with E-state index in [9.17, 15) is 5.11 Å². The van der Waals surface area contributed by atoms with Gasteiger partial charge in [0.05, 0.1) is 18.1 Å². The highest BCUT2D eigenvalue weighted by molar-refractivity contribution is 9.10. The molecule has 4 heteroatoms.